The number of amides is 1. The van der Waals surface area contributed by atoms with E-state index < -0.39 is 0 Å². The van der Waals surface area contributed by atoms with Crippen molar-refractivity contribution in [2.75, 3.05) is 25.9 Å². The zero-order valence-electron chi connectivity index (χ0n) is 12.4. The topological polar surface area (TPSA) is 80.4 Å². The molecule has 0 unspecified atom stereocenters. The second-order valence-electron chi connectivity index (χ2n) is 5.21. The standard InChI is InChI=1S/C14H24N4O2/c1-11(2)17(3)8-4-7-16-13(19)10-18-9-12(15)5-6-14(18)20/h5-6,9,11H,4,7-8,10,15H2,1-3H3,(H,16,19). The summed E-state index contributed by atoms with van der Waals surface area (Å²) in [6, 6.07) is 3.38. The van der Waals surface area contributed by atoms with E-state index in [2.05, 4.69) is 31.1 Å². The van der Waals surface area contributed by atoms with E-state index in [0.717, 1.165) is 13.0 Å². The fraction of sp³-hybridized carbons (Fsp3) is 0.571. The maximum absolute atomic E-state index is 11.7. The lowest BCUT2D eigenvalue weighted by atomic mass is 10.3. The molecule has 1 aromatic heterocycles. The van der Waals surface area contributed by atoms with Crippen LogP contribution in [0.3, 0.4) is 0 Å². The SMILES string of the molecule is CC(C)N(C)CCCNC(=O)Cn1cc(N)ccc1=O. The van der Waals surface area contributed by atoms with Gasteiger partial charge in [-0.05, 0) is 39.9 Å². The normalized spacial score (nSPS) is 11.1. The van der Waals surface area contributed by atoms with E-state index in [1.165, 1.54) is 22.9 Å². The van der Waals surface area contributed by atoms with E-state index >= 15 is 0 Å². The molecule has 3 N–H and O–H groups in total. The van der Waals surface area contributed by atoms with Gasteiger partial charge in [-0.2, -0.15) is 0 Å². The van der Waals surface area contributed by atoms with Crippen molar-refractivity contribution in [1.82, 2.24) is 14.8 Å². The van der Waals surface area contributed by atoms with Gasteiger partial charge in [0.1, 0.15) is 6.54 Å². The van der Waals surface area contributed by atoms with E-state index in [4.69, 9.17) is 5.73 Å². The van der Waals surface area contributed by atoms with Crippen LogP contribution in [-0.4, -0.2) is 41.6 Å². The van der Waals surface area contributed by atoms with Gasteiger partial charge in [0.25, 0.3) is 5.56 Å². The zero-order chi connectivity index (χ0) is 15.1. The maximum Gasteiger partial charge on any atom is 0.251 e. The summed E-state index contributed by atoms with van der Waals surface area (Å²) in [4.78, 5) is 25.5. The number of nitrogens with zero attached hydrogens (tertiary/aromatic N) is 2. The molecule has 0 fully saturated rings. The predicted molar refractivity (Wildman–Crippen MR) is 80.5 cm³/mol. The van der Waals surface area contributed by atoms with Crippen molar-refractivity contribution in [2.24, 2.45) is 0 Å². The lowest BCUT2D eigenvalue weighted by Crippen LogP contribution is -2.34. The molecular weight excluding hydrogens is 256 g/mol. The first-order valence-corrected chi connectivity index (χ1v) is 6.83. The van der Waals surface area contributed by atoms with Gasteiger partial charge in [-0.15, -0.1) is 0 Å². The van der Waals surface area contributed by atoms with Gasteiger partial charge in [0.05, 0.1) is 0 Å². The van der Waals surface area contributed by atoms with Gasteiger partial charge in [-0.1, -0.05) is 0 Å². The van der Waals surface area contributed by atoms with Crippen LogP contribution in [0.1, 0.15) is 20.3 Å². The molecule has 0 bridgehead atoms. The maximum atomic E-state index is 11.7. The molecule has 0 saturated heterocycles. The Morgan fingerprint density at radius 3 is 2.80 bits per heavy atom. The van der Waals surface area contributed by atoms with Gasteiger partial charge in [-0.3, -0.25) is 9.59 Å². The third-order valence-electron chi connectivity index (χ3n) is 3.21. The molecule has 0 radical (unpaired) electrons. The Hall–Kier alpha value is -1.82. The summed E-state index contributed by atoms with van der Waals surface area (Å²) in [6.45, 7) is 5.79. The molecule has 0 aliphatic heterocycles. The fourth-order valence-corrected chi connectivity index (χ4v) is 1.70. The second kappa shape index (κ2) is 7.69. The molecule has 1 heterocycles. The number of nitrogens with one attached hydrogen (secondary N) is 1. The van der Waals surface area contributed by atoms with E-state index in [1.807, 2.05) is 0 Å². The molecule has 1 amide bonds. The Morgan fingerprint density at radius 2 is 2.15 bits per heavy atom. The van der Waals surface area contributed by atoms with E-state index in [1.54, 1.807) is 0 Å². The first-order chi connectivity index (χ1) is 9.40. The minimum atomic E-state index is -0.228. The van der Waals surface area contributed by atoms with Crippen molar-refractivity contribution < 1.29 is 4.79 Å². The van der Waals surface area contributed by atoms with Crippen LogP contribution in [0, 0.1) is 0 Å². The van der Waals surface area contributed by atoms with Crippen LogP contribution in [0.25, 0.3) is 0 Å². The molecule has 0 spiro atoms. The molecule has 112 valence electrons. The number of hydrogen-bond donors (Lipinski definition) is 2. The molecule has 0 aromatic carbocycles. The highest BCUT2D eigenvalue weighted by molar-refractivity contribution is 5.75. The Kier molecular flexibility index (Phi) is 6.24. The summed E-state index contributed by atoms with van der Waals surface area (Å²) in [5, 5.41) is 2.81. The Labute approximate surface area is 119 Å². The van der Waals surface area contributed by atoms with Gasteiger partial charge in [0.2, 0.25) is 5.91 Å². The molecule has 6 nitrogen and oxygen atoms in total. The fourth-order valence-electron chi connectivity index (χ4n) is 1.70. The number of rotatable bonds is 7. The number of pyridine rings is 1. The monoisotopic (exact) mass is 280 g/mol. The number of hydrogen-bond acceptors (Lipinski definition) is 4. The van der Waals surface area contributed by atoms with Gasteiger partial charge in [-0.25, -0.2) is 0 Å². The third kappa shape index (κ3) is 5.44. The number of carbonyl (C=O) groups excluding carboxylic acids is 1. The van der Waals surface area contributed by atoms with Crippen molar-refractivity contribution in [3.8, 4) is 0 Å². The summed E-state index contributed by atoms with van der Waals surface area (Å²) in [5.41, 5.74) is 5.83. The second-order valence-corrected chi connectivity index (χ2v) is 5.21. The summed E-state index contributed by atoms with van der Waals surface area (Å²) in [5.74, 6) is -0.176. The molecule has 20 heavy (non-hydrogen) atoms. The summed E-state index contributed by atoms with van der Waals surface area (Å²) >= 11 is 0. The Bertz CT molecular complexity index is 496. The quantitative estimate of drug-likeness (QED) is 0.703. The van der Waals surface area contributed by atoms with Crippen LogP contribution in [0.15, 0.2) is 23.1 Å². The van der Waals surface area contributed by atoms with Crippen molar-refractivity contribution in [2.45, 2.75) is 32.9 Å². The minimum absolute atomic E-state index is 0.00386. The largest absolute Gasteiger partial charge is 0.398 e. The number of carbonyl (C=O) groups is 1. The summed E-state index contributed by atoms with van der Waals surface area (Å²) < 4.78 is 1.31. The molecule has 0 saturated carbocycles. The first kappa shape index (κ1) is 16.2. The van der Waals surface area contributed by atoms with Gasteiger partial charge in [0.15, 0.2) is 0 Å². The van der Waals surface area contributed by atoms with Gasteiger partial charge in [0, 0.05) is 30.5 Å². The summed E-state index contributed by atoms with van der Waals surface area (Å²) in [6.07, 6.45) is 2.36. The van der Waals surface area contributed by atoms with Gasteiger partial charge < -0.3 is 20.5 Å². The van der Waals surface area contributed by atoms with Crippen molar-refractivity contribution in [3.05, 3.63) is 28.7 Å². The number of nitrogen functional groups attached to an aromatic ring is 1. The molecule has 1 aromatic rings. The predicted octanol–water partition coefficient (Wildman–Crippen LogP) is 0.277. The molecule has 0 atom stereocenters. The van der Waals surface area contributed by atoms with Crippen LogP contribution in [0.2, 0.25) is 0 Å². The molecule has 0 aliphatic carbocycles. The average Bonchev–Trinajstić information content (AvgIpc) is 2.38. The van der Waals surface area contributed by atoms with Crippen LogP contribution >= 0.6 is 0 Å². The average molecular weight is 280 g/mol. The lowest BCUT2D eigenvalue weighted by Gasteiger charge is -2.20. The van der Waals surface area contributed by atoms with Crippen LogP contribution in [0.5, 0.6) is 0 Å². The number of aromatic nitrogens is 1. The number of anilines is 1. The van der Waals surface area contributed by atoms with E-state index in [9.17, 15) is 9.59 Å². The smallest absolute Gasteiger partial charge is 0.251 e. The van der Waals surface area contributed by atoms with E-state index in [-0.39, 0.29) is 18.0 Å². The van der Waals surface area contributed by atoms with Crippen LogP contribution in [0.4, 0.5) is 5.69 Å². The highest BCUT2D eigenvalue weighted by Gasteiger charge is 2.05. The van der Waals surface area contributed by atoms with Crippen molar-refractivity contribution in [3.63, 3.8) is 0 Å². The third-order valence-corrected chi connectivity index (χ3v) is 3.21. The lowest BCUT2D eigenvalue weighted by molar-refractivity contribution is -0.121. The number of nitrogens with two attached hydrogens (primary N) is 1. The Balaban J connectivity index is 2.34. The molecule has 6 heteroatoms. The van der Waals surface area contributed by atoms with Crippen LogP contribution < -0.4 is 16.6 Å². The highest BCUT2D eigenvalue weighted by atomic mass is 16.2. The first-order valence-electron chi connectivity index (χ1n) is 6.83. The molecular formula is C14H24N4O2. The summed E-state index contributed by atoms with van der Waals surface area (Å²) in [7, 11) is 2.05. The van der Waals surface area contributed by atoms with Crippen molar-refractivity contribution in [1.29, 1.82) is 0 Å². The van der Waals surface area contributed by atoms with Gasteiger partial charge >= 0.3 is 0 Å². The molecule has 0 aliphatic rings. The highest BCUT2D eigenvalue weighted by Crippen LogP contribution is 1.96. The minimum Gasteiger partial charge on any atom is -0.398 e. The van der Waals surface area contributed by atoms with Crippen molar-refractivity contribution >= 4 is 11.6 Å². The Morgan fingerprint density at radius 1 is 1.45 bits per heavy atom. The van der Waals surface area contributed by atoms with Crippen LogP contribution in [-0.2, 0) is 11.3 Å². The molecule has 1 rings (SSSR count). The van der Waals surface area contributed by atoms with E-state index in [0.29, 0.717) is 18.3 Å². The zero-order valence-corrected chi connectivity index (χ0v) is 12.4.